The minimum absolute atomic E-state index is 0.216. The first kappa shape index (κ1) is 16.6. The summed E-state index contributed by atoms with van der Waals surface area (Å²) in [4.78, 5) is 12.0. The second-order valence-electron chi connectivity index (χ2n) is 4.46. The molecular formula is C16H15ClN2O4. The zero-order chi connectivity index (χ0) is 16.7. The van der Waals surface area contributed by atoms with Gasteiger partial charge in [0.05, 0.1) is 19.0 Å². The molecule has 0 saturated carbocycles. The van der Waals surface area contributed by atoms with Gasteiger partial charge in [0.1, 0.15) is 11.5 Å². The van der Waals surface area contributed by atoms with Gasteiger partial charge in [-0.2, -0.15) is 0 Å². The number of carbonyl (C=O) groups is 1. The van der Waals surface area contributed by atoms with E-state index in [1.54, 1.807) is 42.5 Å². The molecule has 0 heterocycles. The lowest BCUT2D eigenvalue weighted by Gasteiger charge is -2.11. The van der Waals surface area contributed by atoms with Crippen LogP contribution in [0, 0.1) is 0 Å². The van der Waals surface area contributed by atoms with Gasteiger partial charge < -0.3 is 20.0 Å². The summed E-state index contributed by atoms with van der Waals surface area (Å²) in [5.74, 6) is 0.583. The molecule has 1 amide bonds. The van der Waals surface area contributed by atoms with E-state index in [9.17, 15) is 4.79 Å². The maximum atomic E-state index is 12.0. The number of nitrogens with one attached hydrogen (secondary N) is 1. The number of para-hydroxylation sites is 2. The van der Waals surface area contributed by atoms with E-state index in [0.717, 1.165) is 0 Å². The van der Waals surface area contributed by atoms with E-state index in [4.69, 9.17) is 26.3 Å². The zero-order valence-corrected chi connectivity index (χ0v) is 13.1. The number of halogens is 1. The number of oxime groups is 1. The number of ether oxygens (including phenoxy) is 2. The number of amides is 1. The van der Waals surface area contributed by atoms with E-state index in [1.165, 1.54) is 13.3 Å². The number of anilines is 1. The molecule has 0 radical (unpaired) electrons. The van der Waals surface area contributed by atoms with E-state index < -0.39 is 0 Å². The van der Waals surface area contributed by atoms with Gasteiger partial charge in [0, 0.05) is 10.6 Å². The summed E-state index contributed by atoms with van der Waals surface area (Å²) in [6.07, 6.45) is 1.18. The highest BCUT2D eigenvalue weighted by Crippen LogP contribution is 2.24. The van der Waals surface area contributed by atoms with Crippen molar-refractivity contribution in [3.8, 4) is 11.5 Å². The van der Waals surface area contributed by atoms with E-state index in [-0.39, 0.29) is 12.5 Å². The van der Waals surface area contributed by atoms with Crippen molar-refractivity contribution in [1.82, 2.24) is 0 Å². The van der Waals surface area contributed by atoms with E-state index in [0.29, 0.717) is 27.8 Å². The number of hydrogen-bond acceptors (Lipinski definition) is 5. The number of methoxy groups -OCH3 is 1. The molecule has 0 spiro atoms. The van der Waals surface area contributed by atoms with E-state index >= 15 is 0 Å². The fourth-order valence-corrected chi connectivity index (χ4v) is 2.07. The van der Waals surface area contributed by atoms with Crippen molar-refractivity contribution in [3.63, 3.8) is 0 Å². The monoisotopic (exact) mass is 334 g/mol. The molecule has 6 nitrogen and oxygen atoms in total. The third-order valence-electron chi connectivity index (χ3n) is 2.91. The average molecular weight is 335 g/mol. The fourth-order valence-electron chi connectivity index (χ4n) is 1.89. The zero-order valence-electron chi connectivity index (χ0n) is 12.3. The highest BCUT2D eigenvalue weighted by molar-refractivity contribution is 6.30. The average Bonchev–Trinajstić information content (AvgIpc) is 2.55. The van der Waals surface area contributed by atoms with Gasteiger partial charge in [-0.25, -0.2) is 0 Å². The number of carbonyl (C=O) groups excluding carboxylic acids is 1. The smallest absolute Gasteiger partial charge is 0.262 e. The molecule has 120 valence electrons. The Morgan fingerprint density at radius 1 is 1.30 bits per heavy atom. The quantitative estimate of drug-likeness (QED) is 0.483. The van der Waals surface area contributed by atoms with Crippen LogP contribution < -0.4 is 14.8 Å². The van der Waals surface area contributed by atoms with Crippen molar-refractivity contribution in [3.05, 3.63) is 53.1 Å². The summed E-state index contributed by atoms with van der Waals surface area (Å²) in [6, 6.07) is 11.8. The van der Waals surface area contributed by atoms with Crippen LogP contribution in [0.1, 0.15) is 5.56 Å². The lowest BCUT2D eigenvalue weighted by Crippen LogP contribution is -2.20. The number of hydrogen-bond donors (Lipinski definition) is 2. The van der Waals surface area contributed by atoms with Crippen molar-refractivity contribution in [2.45, 2.75) is 0 Å². The summed E-state index contributed by atoms with van der Waals surface area (Å²) in [7, 11) is 1.52. The predicted molar refractivity (Wildman–Crippen MR) is 88.0 cm³/mol. The first-order valence-corrected chi connectivity index (χ1v) is 7.04. The molecule has 2 aromatic carbocycles. The molecule has 0 aliphatic rings. The normalized spacial score (nSPS) is 10.5. The van der Waals surface area contributed by atoms with E-state index in [2.05, 4.69) is 10.5 Å². The van der Waals surface area contributed by atoms with Gasteiger partial charge in [-0.3, -0.25) is 4.79 Å². The van der Waals surface area contributed by atoms with Crippen LogP contribution in [0.2, 0.25) is 5.02 Å². The Morgan fingerprint density at radius 2 is 2.09 bits per heavy atom. The van der Waals surface area contributed by atoms with Gasteiger partial charge in [0.2, 0.25) is 0 Å². The molecule has 2 N–H and O–H groups in total. The van der Waals surface area contributed by atoms with Crippen LogP contribution in [-0.4, -0.2) is 31.0 Å². The summed E-state index contributed by atoms with van der Waals surface area (Å²) in [6.45, 7) is -0.216. The molecule has 7 heteroatoms. The molecule has 2 aromatic rings. The van der Waals surface area contributed by atoms with Crippen LogP contribution in [-0.2, 0) is 4.79 Å². The Morgan fingerprint density at radius 3 is 2.83 bits per heavy atom. The Balaban J connectivity index is 2.02. The largest absolute Gasteiger partial charge is 0.495 e. The Kier molecular flexibility index (Phi) is 5.82. The van der Waals surface area contributed by atoms with Gasteiger partial charge in [0.25, 0.3) is 5.91 Å². The summed E-state index contributed by atoms with van der Waals surface area (Å²) in [5, 5.41) is 14.7. The maximum Gasteiger partial charge on any atom is 0.262 e. The first-order chi connectivity index (χ1) is 11.1. The van der Waals surface area contributed by atoms with Crippen LogP contribution in [0.25, 0.3) is 0 Å². The molecule has 23 heavy (non-hydrogen) atoms. The predicted octanol–water partition coefficient (Wildman–Crippen LogP) is 3.17. The van der Waals surface area contributed by atoms with Gasteiger partial charge in [-0.15, -0.1) is 0 Å². The number of nitrogens with zero attached hydrogens (tertiary/aromatic N) is 1. The molecule has 0 fully saturated rings. The van der Waals surface area contributed by atoms with Crippen molar-refractivity contribution in [1.29, 1.82) is 0 Å². The molecule has 0 aliphatic heterocycles. The number of rotatable bonds is 6. The highest BCUT2D eigenvalue weighted by atomic mass is 35.5. The molecule has 0 saturated heterocycles. The second-order valence-corrected chi connectivity index (χ2v) is 4.90. The fraction of sp³-hybridized carbons (Fsp3) is 0.125. The van der Waals surface area contributed by atoms with Crippen molar-refractivity contribution < 1.29 is 19.5 Å². The highest BCUT2D eigenvalue weighted by Gasteiger charge is 2.09. The van der Waals surface area contributed by atoms with Crippen LogP contribution in [0.3, 0.4) is 0 Å². The van der Waals surface area contributed by atoms with Crippen molar-refractivity contribution in [2.24, 2.45) is 5.16 Å². The summed E-state index contributed by atoms with van der Waals surface area (Å²) < 4.78 is 10.6. The van der Waals surface area contributed by atoms with Gasteiger partial charge in [-0.05, 0) is 30.3 Å². The third-order valence-corrected chi connectivity index (χ3v) is 3.14. The lowest BCUT2D eigenvalue weighted by molar-refractivity contribution is -0.118. The molecule has 0 bridgehead atoms. The lowest BCUT2D eigenvalue weighted by atomic mass is 10.2. The number of benzene rings is 2. The van der Waals surface area contributed by atoms with Crippen molar-refractivity contribution >= 4 is 29.4 Å². The third kappa shape index (κ3) is 4.62. The van der Waals surface area contributed by atoms with Gasteiger partial charge in [0.15, 0.2) is 6.61 Å². The Bertz CT molecular complexity index is 719. The molecule has 0 aromatic heterocycles. The summed E-state index contributed by atoms with van der Waals surface area (Å²) >= 11 is 5.86. The minimum atomic E-state index is -0.351. The minimum Gasteiger partial charge on any atom is -0.495 e. The van der Waals surface area contributed by atoms with Crippen LogP contribution in [0.5, 0.6) is 11.5 Å². The summed E-state index contributed by atoms with van der Waals surface area (Å²) in [5.41, 5.74) is 1.02. The molecule has 0 aliphatic carbocycles. The first-order valence-electron chi connectivity index (χ1n) is 6.66. The van der Waals surface area contributed by atoms with Gasteiger partial charge in [-0.1, -0.05) is 28.9 Å². The van der Waals surface area contributed by atoms with Crippen LogP contribution in [0.15, 0.2) is 47.6 Å². The van der Waals surface area contributed by atoms with Gasteiger partial charge >= 0.3 is 0 Å². The molecular weight excluding hydrogens is 320 g/mol. The topological polar surface area (TPSA) is 80.2 Å². The van der Waals surface area contributed by atoms with E-state index in [1.807, 2.05) is 0 Å². The maximum absolute atomic E-state index is 12.0. The standard InChI is InChI=1S/C16H15ClN2O4/c1-22-15-5-3-2-4-13(15)19-16(20)10-23-14-7-6-12(17)8-11(14)9-18-21/h2-9,21H,10H2,1H3,(H,19,20)/b18-9+. The molecule has 0 unspecified atom stereocenters. The second kappa shape index (κ2) is 8.05. The Labute approximate surface area is 138 Å². The van der Waals surface area contributed by atoms with Crippen molar-refractivity contribution in [2.75, 3.05) is 19.0 Å². The Hall–Kier alpha value is -2.73. The SMILES string of the molecule is COc1ccccc1NC(=O)COc1ccc(Cl)cc1/C=N/O. The molecule has 0 atom stereocenters. The molecule has 2 rings (SSSR count). The van der Waals surface area contributed by atoms with Crippen LogP contribution in [0.4, 0.5) is 5.69 Å². The van der Waals surface area contributed by atoms with Crippen LogP contribution >= 0.6 is 11.6 Å².